The summed E-state index contributed by atoms with van der Waals surface area (Å²) in [5.41, 5.74) is 2.41. The number of carbonyl (C=O) groups is 1. The van der Waals surface area contributed by atoms with E-state index in [1.54, 1.807) is 30.6 Å². The Morgan fingerprint density at radius 2 is 1.89 bits per heavy atom. The molecule has 8 heteroatoms. The standard InChI is InChI=1S/C19H15FN6O/c1-12(13-6-8-21-9-7-13)24-18(27)17-10-16(14-2-4-15(20)5-3-14)25-19-22-11-23-26(17)19/h2-12H,1H3,(H,24,27)/t12-/m0/s1. The van der Waals surface area contributed by atoms with Crippen LogP contribution in [0.3, 0.4) is 0 Å². The molecule has 3 aromatic heterocycles. The molecule has 1 N–H and O–H groups in total. The van der Waals surface area contributed by atoms with Gasteiger partial charge in [-0.15, -0.1) is 0 Å². The van der Waals surface area contributed by atoms with Crippen molar-refractivity contribution in [1.29, 1.82) is 0 Å². The number of rotatable bonds is 4. The predicted molar refractivity (Wildman–Crippen MR) is 96.3 cm³/mol. The molecule has 0 spiro atoms. The van der Waals surface area contributed by atoms with Crippen molar-refractivity contribution in [3.05, 3.63) is 78.3 Å². The Morgan fingerprint density at radius 1 is 1.15 bits per heavy atom. The smallest absolute Gasteiger partial charge is 0.270 e. The molecule has 1 aromatic carbocycles. The van der Waals surface area contributed by atoms with Crippen LogP contribution >= 0.6 is 0 Å². The van der Waals surface area contributed by atoms with Crippen LogP contribution in [0.2, 0.25) is 0 Å². The van der Waals surface area contributed by atoms with Crippen LogP contribution in [0.25, 0.3) is 17.0 Å². The molecule has 7 nitrogen and oxygen atoms in total. The van der Waals surface area contributed by atoms with Crippen LogP contribution in [0.15, 0.2) is 61.2 Å². The number of hydrogen-bond donors (Lipinski definition) is 1. The van der Waals surface area contributed by atoms with E-state index in [0.717, 1.165) is 5.56 Å². The van der Waals surface area contributed by atoms with Crippen LogP contribution in [-0.2, 0) is 0 Å². The van der Waals surface area contributed by atoms with Crippen LogP contribution in [-0.4, -0.2) is 30.5 Å². The van der Waals surface area contributed by atoms with E-state index >= 15 is 0 Å². The van der Waals surface area contributed by atoms with Gasteiger partial charge in [0, 0.05) is 18.0 Å². The number of aromatic nitrogens is 5. The number of amides is 1. The molecule has 4 aromatic rings. The lowest BCUT2D eigenvalue weighted by atomic mass is 10.1. The molecule has 4 rings (SSSR count). The third-order valence-electron chi connectivity index (χ3n) is 4.18. The summed E-state index contributed by atoms with van der Waals surface area (Å²) >= 11 is 0. The average Bonchev–Trinajstić information content (AvgIpc) is 3.17. The van der Waals surface area contributed by atoms with Crippen molar-refractivity contribution in [2.45, 2.75) is 13.0 Å². The van der Waals surface area contributed by atoms with Crippen LogP contribution < -0.4 is 5.32 Å². The molecule has 0 unspecified atom stereocenters. The van der Waals surface area contributed by atoms with Gasteiger partial charge in [-0.1, -0.05) is 0 Å². The molecule has 0 aliphatic rings. The first kappa shape index (κ1) is 16.8. The van der Waals surface area contributed by atoms with E-state index in [9.17, 15) is 9.18 Å². The van der Waals surface area contributed by atoms with Gasteiger partial charge in [-0.25, -0.2) is 9.37 Å². The molecule has 0 radical (unpaired) electrons. The van der Waals surface area contributed by atoms with Gasteiger partial charge in [0.25, 0.3) is 11.7 Å². The Balaban J connectivity index is 1.71. The second kappa shape index (κ2) is 6.91. The SMILES string of the molecule is C[C@H](NC(=O)c1cc(-c2ccc(F)cc2)nc2ncnn12)c1ccncc1. The first-order valence-corrected chi connectivity index (χ1v) is 8.29. The third-order valence-corrected chi connectivity index (χ3v) is 4.18. The molecule has 0 saturated carbocycles. The fraction of sp³-hybridized carbons (Fsp3) is 0.105. The Labute approximate surface area is 153 Å². The maximum atomic E-state index is 13.2. The van der Waals surface area contributed by atoms with Gasteiger partial charge in [0.15, 0.2) is 0 Å². The summed E-state index contributed by atoms with van der Waals surface area (Å²) in [6.45, 7) is 1.88. The van der Waals surface area contributed by atoms with E-state index in [0.29, 0.717) is 17.0 Å². The van der Waals surface area contributed by atoms with Crippen LogP contribution in [0.1, 0.15) is 29.0 Å². The lowest BCUT2D eigenvalue weighted by Crippen LogP contribution is -2.28. The van der Waals surface area contributed by atoms with Gasteiger partial charge >= 0.3 is 0 Å². The van der Waals surface area contributed by atoms with E-state index in [-0.39, 0.29) is 23.5 Å². The minimum atomic E-state index is -0.341. The van der Waals surface area contributed by atoms with Crippen molar-refractivity contribution in [3.8, 4) is 11.3 Å². The number of halogens is 1. The minimum Gasteiger partial charge on any atom is -0.344 e. The van der Waals surface area contributed by atoms with E-state index in [1.165, 1.54) is 23.0 Å². The first-order valence-electron chi connectivity index (χ1n) is 8.29. The van der Waals surface area contributed by atoms with Gasteiger partial charge in [0.1, 0.15) is 17.8 Å². The molecule has 0 bridgehead atoms. The van der Waals surface area contributed by atoms with Crippen molar-refractivity contribution < 1.29 is 9.18 Å². The summed E-state index contributed by atoms with van der Waals surface area (Å²) in [4.78, 5) is 25.3. The molecule has 0 saturated heterocycles. The molecular formula is C19H15FN6O. The number of benzene rings is 1. The van der Waals surface area contributed by atoms with Crippen molar-refractivity contribution in [3.63, 3.8) is 0 Å². The molecule has 134 valence electrons. The topological polar surface area (TPSA) is 85.1 Å². The zero-order chi connectivity index (χ0) is 18.8. The van der Waals surface area contributed by atoms with E-state index in [2.05, 4.69) is 25.4 Å². The second-order valence-electron chi connectivity index (χ2n) is 5.98. The highest BCUT2D eigenvalue weighted by molar-refractivity contribution is 5.94. The zero-order valence-corrected chi connectivity index (χ0v) is 14.4. The Kier molecular flexibility index (Phi) is 4.29. The minimum absolute atomic E-state index is 0.221. The van der Waals surface area contributed by atoms with Gasteiger partial charge < -0.3 is 5.32 Å². The lowest BCUT2D eigenvalue weighted by Gasteiger charge is -2.15. The summed E-state index contributed by atoms with van der Waals surface area (Å²) in [5, 5.41) is 7.02. The molecule has 3 heterocycles. The fourth-order valence-electron chi connectivity index (χ4n) is 2.75. The van der Waals surface area contributed by atoms with Gasteiger partial charge in [0.05, 0.1) is 11.7 Å². The maximum Gasteiger partial charge on any atom is 0.270 e. The highest BCUT2D eigenvalue weighted by atomic mass is 19.1. The molecule has 0 aliphatic carbocycles. The number of pyridine rings is 1. The van der Waals surface area contributed by atoms with E-state index in [4.69, 9.17) is 0 Å². The van der Waals surface area contributed by atoms with Crippen molar-refractivity contribution in [2.24, 2.45) is 0 Å². The van der Waals surface area contributed by atoms with Crippen molar-refractivity contribution >= 4 is 11.7 Å². The first-order chi connectivity index (χ1) is 13.1. The maximum absolute atomic E-state index is 13.2. The highest BCUT2D eigenvalue weighted by Gasteiger charge is 2.18. The van der Waals surface area contributed by atoms with Gasteiger partial charge in [0.2, 0.25) is 0 Å². The normalized spacial score (nSPS) is 12.1. The summed E-state index contributed by atoms with van der Waals surface area (Å²) < 4.78 is 14.6. The number of hydrogen-bond acceptors (Lipinski definition) is 5. The van der Waals surface area contributed by atoms with E-state index < -0.39 is 0 Å². The molecule has 27 heavy (non-hydrogen) atoms. The monoisotopic (exact) mass is 362 g/mol. The van der Waals surface area contributed by atoms with Crippen LogP contribution in [0, 0.1) is 5.82 Å². The lowest BCUT2D eigenvalue weighted by molar-refractivity contribution is 0.0932. The molecule has 1 atom stereocenters. The second-order valence-corrected chi connectivity index (χ2v) is 5.98. The molecule has 0 fully saturated rings. The fourth-order valence-corrected chi connectivity index (χ4v) is 2.75. The van der Waals surface area contributed by atoms with Crippen LogP contribution in [0.5, 0.6) is 0 Å². The Bertz CT molecular complexity index is 1090. The largest absolute Gasteiger partial charge is 0.344 e. The predicted octanol–water partition coefficient (Wildman–Crippen LogP) is 2.82. The number of fused-ring (bicyclic) bond motifs is 1. The zero-order valence-electron chi connectivity index (χ0n) is 14.4. The number of nitrogens with one attached hydrogen (secondary N) is 1. The number of carbonyl (C=O) groups excluding carboxylic acids is 1. The van der Waals surface area contributed by atoms with Gasteiger partial charge in [-0.05, 0) is 55.0 Å². The van der Waals surface area contributed by atoms with Crippen molar-refractivity contribution in [1.82, 2.24) is 29.9 Å². The summed E-state index contributed by atoms with van der Waals surface area (Å²) in [5.74, 6) is -0.370. The number of nitrogens with zero attached hydrogens (tertiary/aromatic N) is 5. The average molecular weight is 362 g/mol. The van der Waals surface area contributed by atoms with Gasteiger partial charge in [-0.2, -0.15) is 14.6 Å². The third kappa shape index (κ3) is 3.37. The van der Waals surface area contributed by atoms with Crippen molar-refractivity contribution in [2.75, 3.05) is 0 Å². The molecule has 0 aliphatic heterocycles. The quantitative estimate of drug-likeness (QED) is 0.603. The molecular weight excluding hydrogens is 347 g/mol. The molecule has 1 amide bonds. The summed E-state index contributed by atoms with van der Waals surface area (Å²) in [6, 6.07) is 11.0. The Hall–Kier alpha value is -3.68. The van der Waals surface area contributed by atoms with E-state index in [1.807, 2.05) is 19.1 Å². The summed E-state index contributed by atoms with van der Waals surface area (Å²) in [6.07, 6.45) is 4.68. The van der Waals surface area contributed by atoms with Crippen LogP contribution in [0.4, 0.5) is 4.39 Å². The highest BCUT2D eigenvalue weighted by Crippen LogP contribution is 2.20. The Morgan fingerprint density at radius 3 is 2.63 bits per heavy atom. The summed E-state index contributed by atoms with van der Waals surface area (Å²) in [7, 11) is 0. The van der Waals surface area contributed by atoms with Gasteiger partial charge in [-0.3, -0.25) is 9.78 Å².